The van der Waals surface area contributed by atoms with Crippen molar-refractivity contribution in [1.29, 1.82) is 0 Å². The van der Waals surface area contributed by atoms with Gasteiger partial charge in [0, 0.05) is 11.6 Å². The molecule has 46 valence electrons. The molecule has 10 heavy (non-hydrogen) atoms. The van der Waals surface area contributed by atoms with E-state index in [4.69, 9.17) is 0 Å². The van der Waals surface area contributed by atoms with Gasteiger partial charge in [-0.25, -0.2) is 0 Å². The fraction of sp³-hybridized carbons (Fsp3) is 0. The average Bonchev–Trinajstić information content (AvgIpc) is 2.05. The Morgan fingerprint density at radius 1 is 1.30 bits per heavy atom. The third-order valence-corrected chi connectivity index (χ3v) is 1.39. The van der Waals surface area contributed by atoms with Gasteiger partial charge in [-0.2, -0.15) is 0 Å². The number of aromatic nitrogens is 1. The fourth-order valence-corrected chi connectivity index (χ4v) is 0.905. The molecular weight excluding hydrogens is 122 g/mol. The zero-order valence-electron chi connectivity index (χ0n) is 5.33. The first-order chi connectivity index (χ1) is 4.97. The number of fused-ring (bicyclic) bond motifs is 1. The number of nitrogens with zero attached hydrogens (tertiary/aromatic N) is 1. The molecule has 2 aromatic rings. The van der Waals surface area contributed by atoms with Gasteiger partial charge < -0.3 is 0 Å². The van der Waals surface area contributed by atoms with Crippen LogP contribution in [0.2, 0.25) is 0 Å². The van der Waals surface area contributed by atoms with Crippen LogP contribution in [-0.2, 0) is 0 Å². The minimum absolute atomic E-state index is 0.949. The largest absolute Gasteiger partial charge is 0.254 e. The van der Waals surface area contributed by atoms with Gasteiger partial charge in [-0.05, 0) is 17.5 Å². The van der Waals surface area contributed by atoms with Gasteiger partial charge >= 0.3 is 0 Å². The van der Waals surface area contributed by atoms with E-state index in [1.807, 2.05) is 24.3 Å². The lowest BCUT2D eigenvalue weighted by Crippen LogP contribution is -1.73. The zero-order valence-corrected chi connectivity index (χ0v) is 5.33. The third kappa shape index (κ3) is 0.760. The molecule has 1 heteroatoms. The first-order valence-corrected chi connectivity index (χ1v) is 3.10. The lowest BCUT2D eigenvalue weighted by Gasteiger charge is -1.90. The first-order valence-electron chi connectivity index (χ1n) is 3.10. The maximum absolute atomic E-state index is 3.86. The minimum Gasteiger partial charge on any atom is -0.254 e. The van der Waals surface area contributed by atoms with Crippen molar-refractivity contribution in [3.8, 4) is 0 Å². The van der Waals surface area contributed by atoms with E-state index in [1.165, 1.54) is 0 Å². The molecule has 0 fully saturated rings. The molecule has 2 radical (unpaired) electrons. The molecule has 0 aliphatic carbocycles. The van der Waals surface area contributed by atoms with Crippen LogP contribution in [0.3, 0.4) is 0 Å². The van der Waals surface area contributed by atoms with E-state index >= 15 is 0 Å². The molecule has 0 saturated heterocycles. The predicted octanol–water partition coefficient (Wildman–Crippen LogP) is 1.84. The summed E-state index contributed by atoms with van der Waals surface area (Å²) >= 11 is 0. The van der Waals surface area contributed by atoms with Crippen LogP contribution in [-0.4, -0.2) is 4.98 Å². The van der Waals surface area contributed by atoms with Crippen molar-refractivity contribution < 1.29 is 0 Å². The van der Waals surface area contributed by atoms with Crippen LogP contribution in [0.1, 0.15) is 0 Å². The molecule has 0 unspecified atom stereocenters. The maximum atomic E-state index is 3.86. The molecule has 0 saturated carbocycles. The van der Waals surface area contributed by atoms with Crippen molar-refractivity contribution in [3.05, 3.63) is 42.7 Å². The highest BCUT2D eigenvalue weighted by atomic mass is 14.6. The molecule has 1 aromatic heterocycles. The number of hydrogen-bond donors (Lipinski definition) is 0. The van der Waals surface area contributed by atoms with Gasteiger partial charge in [0.2, 0.25) is 0 Å². The summed E-state index contributed by atoms with van der Waals surface area (Å²) in [6, 6.07) is 10.8. The van der Waals surface area contributed by atoms with Crippen LogP contribution in [0.4, 0.5) is 0 Å². The molecule has 0 aliphatic rings. The van der Waals surface area contributed by atoms with Gasteiger partial charge in [-0.15, -0.1) is 0 Å². The molecule has 1 nitrogen and oxygen atoms in total. The summed E-state index contributed by atoms with van der Waals surface area (Å²) in [5.74, 6) is 0. The quantitative estimate of drug-likeness (QED) is 0.526. The van der Waals surface area contributed by atoms with Gasteiger partial charge in [0.25, 0.3) is 0 Å². The number of pyridine rings is 1. The number of benzene rings is 1. The molecule has 0 atom stereocenters. The third-order valence-electron chi connectivity index (χ3n) is 1.39. The van der Waals surface area contributed by atoms with Crippen molar-refractivity contribution >= 4 is 10.8 Å². The highest BCUT2D eigenvalue weighted by Crippen LogP contribution is 2.08. The Bertz CT molecular complexity index is 276. The molecule has 1 aromatic carbocycles. The SMILES string of the molecule is [c]1cccc2ccn[c]c12. The summed E-state index contributed by atoms with van der Waals surface area (Å²) in [6.45, 7) is 0. The fourth-order valence-electron chi connectivity index (χ4n) is 0.905. The summed E-state index contributed by atoms with van der Waals surface area (Å²) in [6.07, 6.45) is 4.58. The lowest BCUT2D eigenvalue weighted by atomic mass is 10.2. The van der Waals surface area contributed by atoms with Crippen LogP contribution in [0, 0.1) is 12.3 Å². The second kappa shape index (κ2) is 2.10. The molecular formula is C9H5N. The monoisotopic (exact) mass is 127 g/mol. The van der Waals surface area contributed by atoms with E-state index in [0.29, 0.717) is 0 Å². The Morgan fingerprint density at radius 3 is 3.20 bits per heavy atom. The maximum Gasteiger partial charge on any atom is 0.0977 e. The van der Waals surface area contributed by atoms with Crippen molar-refractivity contribution in [3.63, 3.8) is 0 Å². The normalized spacial score (nSPS) is 10.0. The Balaban J connectivity index is 2.89. The van der Waals surface area contributed by atoms with Crippen LogP contribution in [0.5, 0.6) is 0 Å². The Hall–Kier alpha value is -1.37. The van der Waals surface area contributed by atoms with Crippen molar-refractivity contribution in [2.75, 3.05) is 0 Å². The van der Waals surface area contributed by atoms with E-state index in [2.05, 4.69) is 17.2 Å². The van der Waals surface area contributed by atoms with E-state index in [1.54, 1.807) is 6.20 Å². The topological polar surface area (TPSA) is 12.9 Å². The van der Waals surface area contributed by atoms with E-state index in [-0.39, 0.29) is 0 Å². The van der Waals surface area contributed by atoms with E-state index < -0.39 is 0 Å². The van der Waals surface area contributed by atoms with Crippen LogP contribution in [0.15, 0.2) is 30.5 Å². The predicted molar refractivity (Wildman–Crippen MR) is 39.4 cm³/mol. The summed E-state index contributed by atoms with van der Waals surface area (Å²) in [7, 11) is 0. The summed E-state index contributed by atoms with van der Waals surface area (Å²) in [5.41, 5.74) is 0. The van der Waals surface area contributed by atoms with Crippen LogP contribution < -0.4 is 0 Å². The van der Waals surface area contributed by atoms with Crippen molar-refractivity contribution in [2.24, 2.45) is 0 Å². The highest BCUT2D eigenvalue weighted by Gasteiger charge is 1.87. The highest BCUT2D eigenvalue weighted by molar-refractivity contribution is 5.79. The van der Waals surface area contributed by atoms with Crippen molar-refractivity contribution in [2.45, 2.75) is 0 Å². The van der Waals surface area contributed by atoms with Gasteiger partial charge in [-0.1, -0.05) is 18.2 Å². The summed E-state index contributed by atoms with van der Waals surface area (Å²) in [4.78, 5) is 3.86. The molecule has 0 amide bonds. The zero-order chi connectivity index (χ0) is 6.81. The molecule has 0 N–H and O–H groups in total. The Labute approximate surface area is 59.3 Å². The second-order valence-electron chi connectivity index (χ2n) is 2.06. The van der Waals surface area contributed by atoms with Gasteiger partial charge in [0.15, 0.2) is 0 Å². The first kappa shape index (κ1) is 5.42. The number of rotatable bonds is 0. The van der Waals surface area contributed by atoms with Gasteiger partial charge in [-0.3, -0.25) is 4.98 Å². The Kier molecular flexibility index (Phi) is 1.14. The molecule has 2 rings (SSSR count). The van der Waals surface area contributed by atoms with Crippen LogP contribution >= 0.6 is 0 Å². The van der Waals surface area contributed by atoms with Crippen molar-refractivity contribution in [1.82, 2.24) is 4.98 Å². The van der Waals surface area contributed by atoms with Crippen LogP contribution in [0.25, 0.3) is 10.8 Å². The summed E-state index contributed by atoms with van der Waals surface area (Å²) < 4.78 is 0. The Morgan fingerprint density at radius 2 is 2.30 bits per heavy atom. The molecule has 0 aliphatic heterocycles. The second-order valence-corrected chi connectivity index (χ2v) is 2.06. The molecule has 0 bridgehead atoms. The van der Waals surface area contributed by atoms with E-state index in [0.717, 1.165) is 10.8 Å². The minimum atomic E-state index is 0.949. The lowest BCUT2D eigenvalue weighted by molar-refractivity contribution is 1.35. The smallest absolute Gasteiger partial charge is 0.0977 e. The van der Waals surface area contributed by atoms with Gasteiger partial charge in [0.05, 0.1) is 6.20 Å². The number of hydrogen-bond acceptors (Lipinski definition) is 1. The molecule has 1 heterocycles. The average molecular weight is 127 g/mol. The molecule has 0 spiro atoms. The summed E-state index contributed by atoms with van der Waals surface area (Å²) in [5, 5.41) is 2.09. The van der Waals surface area contributed by atoms with E-state index in [9.17, 15) is 0 Å². The van der Waals surface area contributed by atoms with Gasteiger partial charge in [0.1, 0.15) is 0 Å². The standard InChI is InChI=1S/C9H5N/c1-2-4-9-7-10-6-5-8(9)3-1/h1-3,5-6H.